The van der Waals surface area contributed by atoms with Crippen molar-refractivity contribution < 1.29 is 13.2 Å². The van der Waals surface area contributed by atoms with Gasteiger partial charge in [0, 0.05) is 27.3 Å². The number of sulfonamides is 1. The van der Waals surface area contributed by atoms with Gasteiger partial charge in [-0.3, -0.25) is 4.68 Å². The molecule has 0 aliphatic rings. The molecule has 0 fully saturated rings. The lowest BCUT2D eigenvalue weighted by molar-refractivity contribution is 0.161. The first-order valence-electron chi connectivity index (χ1n) is 5.57. The Morgan fingerprint density at radius 2 is 2.17 bits per heavy atom. The summed E-state index contributed by atoms with van der Waals surface area (Å²) in [6.07, 6.45) is 0. The number of aromatic nitrogens is 2. The van der Waals surface area contributed by atoms with Crippen molar-refractivity contribution in [3.05, 3.63) is 5.69 Å². The Hall–Kier alpha value is -1.12. The Balaban J connectivity index is 2.87. The molecule has 0 spiro atoms. The second kappa shape index (κ2) is 5.68. The van der Waals surface area contributed by atoms with Crippen LogP contribution >= 0.6 is 0 Å². The molecule has 3 N–H and O–H groups in total. The van der Waals surface area contributed by atoms with Gasteiger partial charge in [0.05, 0.1) is 5.69 Å². The molecule has 0 aromatic carbocycles. The van der Waals surface area contributed by atoms with E-state index in [-0.39, 0.29) is 16.6 Å². The zero-order valence-electron chi connectivity index (χ0n) is 11.1. The van der Waals surface area contributed by atoms with E-state index < -0.39 is 10.0 Å². The molecule has 7 nitrogen and oxygen atoms in total. The molecule has 8 heteroatoms. The molecule has 1 aromatic heterocycles. The van der Waals surface area contributed by atoms with E-state index >= 15 is 0 Å². The van der Waals surface area contributed by atoms with Crippen LogP contribution in [0.1, 0.15) is 12.6 Å². The Kier molecular flexibility index (Phi) is 4.71. The van der Waals surface area contributed by atoms with Crippen molar-refractivity contribution in [3.8, 4) is 0 Å². The molecular weight excluding hydrogens is 256 g/mol. The van der Waals surface area contributed by atoms with Gasteiger partial charge in [-0.1, -0.05) is 6.92 Å². The second-order valence-electron chi connectivity index (χ2n) is 4.34. The van der Waals surface area contributed by atoms with E-state index in [4.69, 9.17) is 10.5 Å². The smallest absolute Gasteiger partial charge is 0.246 e. The Labute approximate surface area is 107 Å². The highest BCUT2D eigenvalue weighted by Crippen LogP contribution is 2.20. The van der Waals surface area contributed by atoms with Crippen LogP contribution in [0.5, 0.6) is 0 Å². The van der Waals surface area contributed by atoms with Crippen LogP contribution in [0.2, 0.25) is 0 Å². The summed E-state index contributed by atoms with van der Waals surface area (Å²) in [5.41, 5.74) is 6.13. The van der Waals surface area contributed by atoms with Gasteiger partial charge in [0.2, 0.25) is 10.0 Å². The fraction of sp³-hybridized carbons (Fsp3) is 0.700. The number of aryl methyl sites for hydroxylation is 1. The van der Waals surface area contributed by atoms with E-state index in [0.29, 0.717) is 18.8 Å². The molecule has 0 saturated heterocycles. The third-order valence-electron chi connectivity index (χ3n) is 2.65. The molecule has 104 valence electrons. The fourth-order valence-corrected chi connectivity index (χ4v) is 3.10. The van der Waals surface area contributed by atoms with Crippen molar-refractivity contribution in [2.24, 2.45) is 13.0 Å². The van der Waals surface area contributed by atoms with Crippen LogP contribution < -0.4 is 10.5 Å². The van der Waals surface area contributed by atoms with Gasteiger partial charge in [0.15, 0.2) is 5.82 Å². The van der Waals surface area contributed by atoms with Gasteiger partial charge in [0.25, 0.3) is 0 Å². The first kappa shape index (κ1) is 14.9. The molecule has 0 saturated carbocycles. The van der Waals surface area contributed by atoms with Crippen LogP contribution in [0.4, 0.5) is 5.82 Å². The van der Waals surface area contributed by atoms with Crippen molar-refractivity contribution in [2.45, 2.75) is 18.7 Å². The number of nitrogens with zero attached hydrogens (tertiary/aromatic N) is 2. The van der Waals surface area contributed by atoms with Crippen molar-refractivity contribution in [2.75, 3.05) is 26.0 Å². The average Bonchev–Trinajstić information content (AvgIpc) is 2.51. The van der Waals surface area contributed by atoms with Crippen molar-refractivity contribution >= 4 is 15.8 Å². The summed E-state index contributed by atoms with van der Waals surface area (Å²) in [7, 11) is -0.399. The Bertz CT molecular complexity index is 509. The lowest BCUT2D eigenvalue weighted by Crippen LogP contribution is -2.30. The maximum atomic E-state index is 12.1. The summed E-state index contributed by atoms with van der Waals surface area (Å²) in [4.78, 5) is 0.0506. The van der Waals surface area contributed by atoms with Crippen LogP contribution in [-0.2, 0) is 21.8 Å². The predicted molar refractivity (Wildman–Crippen MR) is 68.6 cm³/mol. The molecule has 1 heterocycles. The monoisotopic (exact) mass is 276 g/mol. The molecule has 0 aliphatic carbocycles. The maximum Gasteiger partial charge on any atom is 0.246 e. The van der Waals surface area contributed by atoms with E-state index in [1.807, 2.05) is 6.92 Å². The number of nitrogens with two attached hydrogens (primary N) is 1. The summed E-state index contributed by atoms with van der Waals surface area (Å²) in [6, 6.07) is 0. The molecule has 18 heavy (non-hydrogen) atoms. The van der Waals surface area contributed by atoms with Crippen molar-refractivity contribution in [3.63, 3.8) is 0 Å². The lowest BCUT2D eigenvalue weighted by atomic mass is 10.2. The van der Waals surface area contributed by atoms with Crippen molar-refractivity contribution in [1.82, 2.24) is 14.5 Å². The van der Waals surface area contributed by atoms with Gasteiger partial charge in [-0.2, -0.15) is 5.10 Å². The van der Waals surface area contributed by atoms with Gasteiger partial charge in [-0.15, -0.1) is 0 Å². The van der Waals surface area contributed by atoms with Crippen LogP contribution in [0.3, 0.4) is 0 Å². The summed E-state index contributed by atoms with van der Waals surface area (Å²) >= 11 is 0. The summed E-state index contributed by atoms with van der Waals surface area (Å²) in [5, 5.41) is 3.89. The highest BCUT2D eigenvalue weighted by atomic mass is 32.2. The number of hydrogen-bond acceptors (Lipinski definition) is 5. The van der Waals surface area contributed by atoms with E-state index in [1.165, 1.54) is 4.68 Å². The maximum absolute atomic E-state index is 12.1. The quantitative estimate of drug-likeness (QED) is 0.754. The highest BCUT2D eigenvalue weighted by molar-refractivity contribution is 7.89. The van der Waals surface area contributed by atoms with Gasteiger partial charge in [-0.05, 0) is 12.8 Å². The molecule has 0 aliphatic heterocycles. The number of anilines is 1. The van der Waals surface area contributed by atoms with E-state index in [1.54, 1.807) is 21.1 Å². The zero-order valence-corrected chi connectivity index (χ0v) is 11.9. The zero-order chi connectivity index (χ0) is 13.9. The molecule has 0 bridgehead atoms. The number of nitrogens with one attached hydrogen (secondary N) is 1. The number of methoxy groups -OCH3 is 1. The molecule has 0 amide bonds. The van der Waals surface area contributed by atoms with Crippen LogP contribution in [0.25, 0.3) is 0 Å². The summed E-state index contributed by atoms with van der Waals surface area (Å²) in [5.74, 6) is 0.102. The molecule has 1 unspecified atom stereocenters. The minimum absolute atomic E-state index is 0.0156. The predicted octanol–water partition coefficient (Wildman–Crippen LogP) is -0.128. The molecule has 1 atom stereocenters. The highest BCUT2D eigenvalue weighted by Gasteiger charge is 2.24. The number of ether oxygens (including phenoxy) is 1. The largest absolute Gasteiger partial charge is 0.384 e. The number of nitrogen functional groups attached to an aromatic ring is 1. The van der Waals surface area contributed by atoms with Crippen LogP contribution in [0.15, 0.2) is 4.90 Å². The average molecular weight is 276 g/mol. The van der Waals surface area contributed by atoms with Gasteiger partial charge in [-0.25, -0.2) is 13.1 Å². The third kappa shape index (κ3) is 3.21. The Morgan fingerprint density at radius 1 is 1.56 bits per heavy atom. The molecule has 1 aromatic rings. The SMILES string of the molecule is COCC(C)CNS(=O)(=O)c1c(N)nn(C)c1C. The Morgan fingerprint density at radius 3 is 2.61 bits per heavy atom. The minimum atomic E-state index is -3.63. The second-order valence-corrected chi connectivity index (χ2v) is 6.04. The lowest BCUT2D eigenvalue weighted by Gasteiger charge is -2.12. The normalized spacial score (nSPS) is 13.8. The van der Waals surface area contributed by atoms with E-state index in [9.17, 15) is 8.42 Å². The molecule has 0 radical (unpaired) electrons. The molecule has 1 rings (SSSR count). The van der Waals surface area contributed by atoms with Gasteiger partial charge in [0.1, 0.15) is 4.90 Å². The van der Waals surface area contributed by atoms with E-state index in [0.717, 1.165) is 0 Å². The minimum Gasteiger partial charge on any atom is -0.384 e. The number of rotatable bonds is 6. The third-order valence-corrected chi connectivity index (χ3v) is 4.23. The molecular formula is C10H20N4O3S. The summed E-state index contributed by atoms with van der Waals surface area (Å²) < 4.78 is 33.1. The fourth-order valence-electron chi connectivity index (χ4n) is 1.61. The first-order valence-corrected chi connectivity index (χ1v) is 7.05. The standard InChI is InChI=1S/C10H20N4O3S/c1-7(6-17-4)5-12-18(15,16)9-8(2)14(3)13-10(9)11/h7,12H,5-6H2,1-4H3,(H2,11,13). The summed E-state index contributed by atoms with van der Waals surface area (Å²) in [6.45, 7) is 4.34. The van der Waals surface area contributed by atoms with E-state index in [2.05, 4.69) is 9.82 Å². The van der Waals surface area contributed by atoms with Gasteiger partial charge >= 0.3 is 0 Å². The van der Waals surface area contributed by atoms with Gasteiger partial charge < -0.3 is 10.5 Å². The van der Waals surface area contributed by atoms with Crippen LogP contribution in [-0.4, -0.2) is 38.5 Å². The topological polar surface area (TPSA) is 99.2 Å². The first-order chi connectivity index (χ1) is 8.29. The van der Waals surface area contributed by atoms with Crippen molar-refractivity contribution in [1.29, 1.82) is 0 Å². The number of hydrogen-bond donors (Lipinski definition) is 2. The van der Waals surface area contributed by atoms with Crippen LogP contribution in [0, 0.1) is 12.8 Å².